The molecular formula is C21H21N5O3S. The first-order valence-electron chi connectivity index (χ1n) is 10.1. The second-order valence-electron chi connectivity index (χ2n) is 7.25. The van der Waals surface area contributed by atoms with E-state index in [1.807, 2.05) is 19.1 Å². The Morgan fingerprint density at radius 3 is 2.97 bits per heavy atom. The summed E-state index contributed by atoms with van der Waals surface area (Å²) < 4.78 is 8.17. The van der Waals surface area contributed by atoms with Gasteiger partial charge in [0.1, 0.15) is 23.5 Å². The molecule has 0 saturated heterocycles. The van der Waals surface area contributed by atoms with Crippen LogP contribution in [-0.2, 0) is 24.2 Å². The van der Waals surface area contributed by atoms with E-state index in [-0.39, 0.29) is 18.1 Å². The number of nitrogens with zero attached hydrogens (tertiary/aromatic N) is 4. The van der Waals surface area contributed by atoms with Gasteiger partial charge in [-0.05, 0) is 50.3 Å². The summed E-state index contributed by atoms with van der Waals surface area (Å²) in [6.45, 7) is 2.19. The number of carbonyl (C=O) groups excluding carboxylic acids is 1. The normalized spacial score (nSPS) is 13.5. The van der Waals surface area contributed by atoms with E-state index in [1.54, 1.807) is 23.5 Å². The van der Waals surface area contributed by atoms with Gasteiger partial charge in [0, 0.05) is 4.88 Å². The smallest absolute Gasteiger partial charge is 0.352 e. The fourth-order valence-electron chi connectivity index (χ4n) is 3.96. The van der Waals surface area contributed by atoms with Crippen molar-refractivity contribution in [3.05, 3.63) is 51.5 Å². The Bertz CT molecular complexity index is 1320. The molecule has 1 N–H and O–H groups in total. The van der Waals surface area contributed by atoms with Crippen LogP contribution in [0.25, 0.3) is 15.9 Å². The van der Waals surface area contributed by atoms with Crippen molar-refractivity contribution in [1.29, 1.82) is 0 Å². The number of nitrogens with one attached hydrogen (secondary N) is 1. The number of anilines is 1. The van der Waals surface area contributed by atoms with Crippen LogP contribution in [0.2, 0.25) is 0 Å². The van der Waals surface area contributed by atoms with Gasteiger partial charge >= 0.3 is 5.69 Å². The lowest BCUT2D eigenvalue weighted by atomic mass is 9.97. The zero-order chi connectivity index (χ0) is 20.7. The molecule has 0 atom stereocenters. The molecule has 1 aliphatic rings. The number of amides is 1. The molecule has 0 spiro atoms. The number of aryl methyl sites for hydroxylation is 2. The number of fused-ring (bicyclic) bond motifs is 5. The maximum atomic E-state index is 12.8. The molecule has 154 valence electrons. The third-order valence-electron chi connectivity index (χ3n) is 5.29. The maximum absolute atomic E-state index is 12.8. The predicted octanol–water partition coefficient (Wildman–Crippen LogP) is 3.02. The molecule has 0 fully saturated rings. The Morgan fingerprint density at radius 1 is 1.27 bits per heavy atom. The zero-order valence-corrected chi connectivity index (χ0v) is 17.4. The molecule has 0 radical (unpaired) electrons. The predicted molar refractivity (Wildman–Crippen MR) is 116 cm³/mol. The second kappa shape index (κ2) is 7.56. The third kappa shape index (κ3) is 3.15. The highest BCUT2D eigenvalue weighted by Crippen LogP contribution is 2.36. The highest BCUT2D eigenvalue weighted by molar-refractivity contribution is 7.19. The van der Waals surface area contributed by atoms with Crippen LogP contribution in [-0.4, -0.2) is 31.7 Å². The minimum atomic E-state index is -0.372. The van der Waals surface area contributed by atoms with Gasteiger partial charge in [-0.25, -0.2) is 18.9 Å². The minimum Gasteiger partial charge on any atom is -0.492 e. The van der Waals surface area contributed by atoms with Crippen LogP contribution in [0.15, 0.2) is 35.4 Å². The van der Waals surface area contributed by atoms with Gasteiger partial charge in [-0.1, -0.05) is 12.1 Å². The SMILES string of the molecule is CCOc1ccccc1NC(=O)Cn1nc2c3c4c(sc3ncn2c1=O)CCCC4. The highest BCUT2D eigenvalue weighted by atomic mass is 32.1. The number of para-hydroxylation sites is 2. The number of carbonyl (C=O) groups is 1. The maximum Gasteiger partial charge on any atom is 0.352 e. The summed E-state index contributed by atoms with van der Waals surface area (Å²) in [5.74, 6) is 0.246. The Morgan fingerprint density at radius 2 is 2.10 bits per heavy atom. The van der Waals surface area contributed by atoms with E-state index in [0.29, 0.717) is 23.7 Å². The standard InChI is InChI=1S/C21H21N5O3S/c1-2-29-15-9-5-4-8-14(15)23-17(27)11-26-21(28)25-12-22-20-18(19(25)24-26)13-7-3-6-10-16(13)30-20/h4-5,8-9,12H,2-3,6-7,10-11H2,1H3,(H,23,27). The minimum absolute atomic E-state index is 0.186. The van der Waals surface area contributed by atoms with Gasteiger partial charge in [-0.15, -0.1) is 16.4 Å². The molecule has 0 bridgehead atoms. The van der Waals surface area contributed by atoms with Crippen molar-refractivity contribution in [3.8, 4) is 5.75 Å². The lowest BCUT2D eigenvalue weighted by molar-refractivity contribution is -0.117. The summed E-state index contributed by atoms with van der Waals surface area (Å²) in [6, 6.07) is 7.21. The van der Waals surface area contributed by atoms with Crippen LogP contribution in [0.3, 0.4) is 0 Å². The molecule has 30 heavy (non-hydrogen) atoms. The van der Waals surface area contributed by atoms with Crippen LogP contribution in [0.5, 0.6) is 5.75 Å². The highest BCUT2D eigenvalue weighted by Gasteiger charge is 2.22. The monoisotopic (exact) mass is 423 g/mol. The van der Waals surface area contributed by atoms with E-state index in [0.717, 1.165) is 29.5 Å². The number of rotatable bonds is 5. The lowest BCUT2D eigenvalue weighted by Gasteiger charge is -2.10. The number of ether oxygens (including phenoxy) is 1. The van der Waals surface area contributed by atoms with Crippen molar-refractivity contribution in [2.75, 3.05) is 11.9 Å². The Hall–Kier alpha value is -3.20. The first-order chi connectivity index (χ1) is 14.7. The molecule has 4 aromatic rings. The molecule has 1 amide bonds. The Kier molecular flexibility index (Phi) is 4.74. The molecule has 1 aliphatic carbocycles. The van der Waals surface area contributed by atoms with Gasteiger partial charge in [0.15, 0.2) is 5.65 Å². The van der Waals surface area contributed by atoms with Crippen molar-refractivity contribution in [1.82, 2.24) is 19.2 Å². The van der Waals surface area contributed by atoms with Crippen LogP contribution >= 0.6 is 11.3 Å². The number of benzene rings is 1. The number of thiophene rings is 1. The van der Waals surface area contributed by atoms with Crippen molar-refractivity contribution < 1.29 is 9.53 Å². The van der Waals surface area contributed by atoms with E-state index in [1.165, 1.54) is 32.3 Å². The Labute approximate surface area is 176 Å². The lowest BCUT2D eigenvalue weighted by Crippen LogP contribution is -2.28. The molecule has 3 aromatic heterocycles. The van der Waals surface area contributed by atoms with Crippen LogP contribution in [0.1, 0.15) is 30.2 Å². The van der Waals surface area contributed by atoms with E-state index in [9.17, 15) is 9.59 Å². The van der Waals surface area contributed by atoms with Crippen molar-refractivity contribution in [2.24, 2.45) is 0 Å². The van der Waals surface area contributed by atoms with Crippen molar-refractivity contribution in [2.45, 2.75) is 39.2 Å². The van der Waals surface area contributed by atoms with Crippen LogP contribution in [0, 0.1) is 0 Å². The summed E-state index contributed by atoms with van der Waals surface area (Å²) in [4.78, 5) is 32.2. The van der Waals surface area contributed by atoms with E-state index in [2.05, 4.69) is 15.4 Å². The number of hydrogen-bond acceptors (Lipinski definition) is 6. The molecule has 8 nitrogen and oxygen atoms in total. The quantitative estimate of drug-likeness (QED) is 0.533. The van der Waals surface area contributed by atoms with Crippen LogP contribution < -0.4 is 15.7 Å². The first kappa shape index (κ1) is 18.8. The first-order valence-corrected chi connectivity index (χ1v) is 10.9. The second-order valence-corrected chi connectivity index (χ2v) is 8.33. The van der Waals surface area contributed by atoms with E-state index >= 15 is 0 Å². The van der Waals surface area contributed by atoms with Crippen LogP contribution in [0.4, 0.5) is 5.69 Å². The molecule has 9 heteroatoms. The van der Waals surface area contributed by atoms with Gasteiger partial charge in [-0.2, -0.15) is 0 Å². The fourth-order valence-corrected chi connectivity index (χ4v) is 5.18. The fraction of sp³-hybridized carbons (Fsp3) is 0.333. The average molecular weight is 423 g/mol. The summed E-state index contributed by atoms with van der Waals surface area (Å²) in [5.41, 5.74) is 2.03. The number of aromatic nitrogens is 4. The summed E-state index contributed by atoms with van der Waals surface area (Å²) in [5, 5.41) is 8.27. The van der Waals surface area contributed by atoms with Crippen molar-refractivity contribution in [3.63, 3.8) is 0 Å². The Balaban J connectivity index is 1.49. The largest absolute Gasteiger partial charge is 0.492 e. The van der Waals surface area contributed by atoms with E-state index in [4.69, 9.17) is 4.74 Å². The molecule has 0 saturated carbocycles. The molecule has 0 unspecified atom stereocenters. The van der Waals surface area contributed by atoms with E-state index < -0.39 is 0 Å². The zero-order valence-electron chi connectivity index (χ0n) is 16.6. The molecular weight excluding hydrogens is 402 g/mol. The van der Waals surface area contributed by atoms with Gasteiger partial charge in [0.25, 0.3) is 0 Å². The van der Waals surface area contributed by atoms with Gasteiger partial charge in [0.2, 0.25) is 5.91 Å². The molecule has 3 heterocycles. The summed E-state index contributed by atoms with van der Waals surface area (Å²) in [7, 11) is 0. The molecule has 5 rings (SSSR count). The topological polar surface area (TPSA) is 90.5 Å². The van der Waals surface area contributed by atoms with Gasteiger partial charge < -0.3 is 10.1 Å². The average Bonchev–Trinajstić information content (AvgIpc) is 3.27. The van der Waals surface area contributed by atoms with Crippen molar-refractivity contribution >= 4 is 38.8 Å². The van der Waals surface area contributed by atoms with Gasteiger partial charge in [0.05, 0.1) is 17.7 Å². The summed E-state index contributed by atoms with van der Waals surface area (Å²) in [6.07, 6.45) is 5.85. The van der Waals surface area contributed by atoms with Gasteiger partial charge in [-0.3, -0.25) is 4.79 Å². The number of hydrogen-bond donors (Lipinski definition) is 1. The molecule has 0 aliphatic heterocycles. The third-order valence-corrected chi connectivity index (χ3v) is 6.49. The molecule has 1 aromatic carbocycles. The summed E-state index contributed by atoms with van der Waals surface area (Å²) >= 11 is 1.68.